The zero-order chi connectivity index (χ0) is 14.4. The Kier molecular flexibility index (Phi) is 3.30. The van der Waals surface area contributed by atoms with Crippen LogP contribution in [0.4, 0.5) is 5.69 Å². The van der Waals surface area contributed by atoms with Gasteiger partial charge in [-0.25, -0.2) is 0 Å². The second-order valence-electron chi connectivity index (χ2n) is 5.89. The minimum absolute atomic E-state index is 0.0336. The van der Waals surface area contributed by atoms with Crippen LogP contribution in [0.1, 0.15) is 54.0 Å². The summed E-state index contributed by atoms with van der Waals surface area (Å²) in [4.78, 5) is 11.8. The SMILES string of the molecule is Cc1c(C(O)C2CCCO2)cc2c(c1C)NC(=O)C2C. The summed E-state index contributed by atoms with van der Waals surface area (Å²) in [5.41, 5.74) is 4.90. The van der Waals surface area contributed by atoms with E-state index in [1.165, 1.54) is 0 Å². The Hall–Kier alpha value is -1.39. The molecular formula is C16H21NO3. The predicted octanol–water partition coefficient (Wildman–Crippen LogP) is 2.57. The molecule has 0 spiro atoms. The summed E-state index contributed by atoms with van der Waals surface area (Å²) >= 11 is 0. The molecule has 0 bridgehead atoms. The van der Waals surface area contributed by atoms with Crippen molar-refractivity contribution in [3.05, 3.63) is 28.3 Å². The summed E-state index contributed by atoms with van der Waals surface area (Å²) in [7, 11) is 0. The number of ether oxygens (including phenoxy) is 1. The maximum atomic E-state index is 11.8. The fourth-order valence-corrected chi connectivity index (χ4v) is 3.21. The van der Waals surface area contributed by atoms with Crippen molar-refractivity contribution < 1.29 is 14.6 Å². The molecule has 1 saturated heterocycles. The first-order valence-corrected chi connectivity index (χ1v) is 7.25. The van der Waals surface area contributed by atoms with Gasteiger partial charge >= 0.3 is 0 Å². The van der Waals surface area contributed by atoms with Crippen LogP contribution < -0.4 is 5.32 Å². The lowest BCUT2D eigenvalue weighted by Crippen LogP contribution is -2.18. The molecule has 2 aliphatic rings. The van der Waals surface area contributed by atoms with Crippen LogP contribution in [0.2, 0.25) is 0 Å². The van der Waals surface area contributed by atoms with Crippen molar-refractivity contribution in [2.24, 2.45) is 0 Å². The average Bonchev–Trinajstić information content (AvgIpc) is 3.04. The van der Waals surface area contributed by atoms with Crippen LogP contribution in [-0.2, 0) is 9.53 Å². The van der Waals surface area contributed by atoms with Gasteiger partial charge in [-0.1, -0.05) is 0 Å². The first kappa shape index (κ1) is 13.6. The number of nitrogens with one attached hydrogen (secondary N) is 1. The van der Waals surface area contributed by atoms with Crippen LogP contribution in [0.5, 0.6) is 0 Å². The number of carbonyl (C=O) groups is 1. The molecule has 1 fully saturated rings. The van der Waals surface area contributed by atoms with E-state index in [4.69, 9.17) is 4.74 Å². The van der Waals surface area contributed by atoms with Gasteiger partial charge in [0.2, 0.25) is 5.91 Å². The Morgan fingerprint density at radius 2 is 2.15 bits per heavy atom. The maximum absolute atomic E-state index is 11.8. The molecule has 3 unspecified atom stereocenters. The number of aliphatic hydroxyl groups excluding tert-OH is 1. The molecular weight excluding hydrogens is 254 g/mol. The number of fused-ring (bicyclic) bond motifs is 1. The average molecular weight is 275 g/mol. The minimum atomic E-state index is -0.607. The topological polar surface area (TPSA) is 58.6 Å². The molecule has 1 aromatic rings. The Bertz CT molecular complexity index is 561. The van der Waals surface area contributed by atoms with Gasteiger partial charge in [0.15, 0.2) is 0 Å². The van der Waals surface area contributed by atoms with Gasteiger partial charge in [0.25, 0.3) is 0 Å². The lowest BCUT2D eigenvalue weighted by molar-refractivity contribution is -0.116. The quantitative estimate of drug-likeness (QED) is 0.872. The van der Waals surface area contributed by atoms with Gasteiger partial charge < -0.3 is 15.2 Å². The van der Waals surface area contributed by atoms with Crippen LogP contribution in [0.15, 0.2) is 6.07 Å². The fraction of sp³-hybridized carbons (Fsp3) is 0.562. The lowest BCUT2D eigenvalue weighted by atomic mass is 9.89. The van der Waals surface area contributed by atoms with Crippen molar-refractivity contribution in [3.63, 3.8) is 0 Å². The van der Waals surface area contributed by atoms with Gasteiger partial charge in [0, 0.05) is 12.3 Å². The third-order valence-electron chi connectivity index (χ3n) is 4.71. The Morgan fingerprint density at radius 3 is 2.80 bits per heavy atom. The van der Waals surface area contributed by atoms with E-state index in [1.807, 2.05) is 26.8 Å². The molecule has 2 aliphatic heterocycles. The summed E-state index contributed by atoms with van der Waals surface area (Å²) in [5, 5.41) is 13.5. The smallest absolute Gasteiger partial charge is 0.231 e. The molecule has 108 valence electrons. The van der Waals surface area contributed by atoms with E-state index in [9.17, 15) is 9.90 Å². The van der Waals surface area contributed by atoms with Crippen molar-refractivity contribution in [2.45, 2.75) is 51.7 Å². The molecule has 2 N–H and O–H groups in total. The molecule has 1 amide bonds. The van der Waals surface area contributed by atoms with E-state index < -0.39 is 6.10 Å². The minimum Gasteiger partial charge on any atom is -0.386 e. The van der Waals surface area contributed by atoms with Crippen molar-refractivity contribution in [1.82, 2.24) is 0 Å². The van der Waals surface area contributed by atoms with Gasteiger partial charge in [0.1, 0.15) is 6.10 Å². The van der Waals surface area contributed by atoms with E-state index in [2.05, 4.69) is 5.32 Å². The highest BCUT2D eigenvalue weighted by Gasteiger charge is 2.33. The summed E-state index contributed by atoms with van der Waals surface area (Å²) in [6.45, 7) is 6.62. The highest BCUT2D eigenvalue weighted by Crippen LogP contribution is 2.40. The van der Waals surface area contributed by atoms with Crippen LogP contribution in [0.3, 0.4) is 0 Å². The summed E-state index contributed by atoms with van der Waals surface area (Å²) in [5.74, 6) is -0.119. The molecule has 3 atom stereocenters. The van der Waals surface area contributed by atoms with Gasteiger partial charge in [-0.15, -0.1) is 0 Å². The van der Waals surface area contributed by atoms with Crippen molar-refractivity contribution in [3.8, 4) is 0 Å². The summed E-state index contributed by atoms with van der Waals surface area (Å²) < 4.78 is 5.60. The van der Waals surface area contributed by atoms with Gasteiger partial charge in [-0.3, -0.25) is 4.79 Å². The van der Waals surface area contributed by atoms with Crippen molar-refractivity contribution in [2.75, 3.05) is 11.9 Å². The summed E-state index contributed by atoms with van der Waals surface area (Å²) in [6, 6.07) is 1.98. The van der Waals surface area contributed by atoms with Gasteiger partial charge in [-0.2, -0.15) is 0 Å². The van der Waals surface area contributed by atoms with Crippen LogP contribution in [0.25, 0.3) is 0 Å². The zero-order valence-corrected chi connectivity index (χ0v) is 12.2. The Morgan fingerprint density at radius 1 is 1.40 bits per heavy atom. The standard InChI is InChI=1S/C16H21NO3/c1-8-9(2)14-11(10(3)16(19)17-14)7-12(8)15(18)13-5-4-6-20-13/h7,10,13,15,18H,4-6H2,1-3H3,(H,17,19). The molecule has 0 aliphatic carbocycles. The van der Waals surface area contributed by atoms with Crippen molar-refractivity contribution >= 4 is 11.6 Å². The maximum Gasteiger partial charge on any atom is 0.231 e. The van der Waals surface area contributed by atoms with Gasteiger partial charge in [0.05, 0.1) is 12.0 Å². The molecule has 0 saturated carbocycles. The molecule has 0 radical (unpaired) electrons. The molecule has 1 aromatic carbocycles. The van der Waals surface area contributed by atoms with Gasteiger partial charge in [-0.05, 0) is 61.9 Å². The second kappa shape index (κ2) is 4.86. The normalized spacial score (nSPS) is 26.5. The number of rotatable bonds is 2. The zero-order valence-electron chi connectivity index (χ0n) is 12.2. The van der Waals surface area contributed by atoms with E-state index in [-0.39, 0.29) is 17.9 Å². The largest absolute Gasteiger partial charge is 0.386 e. The Balaban J connectivity index is 2.04. The third-order valence-corrected chi connectivity index (χ3v) is 4.71. The van der Waals surface area contributed by atoms with E-state index in [0.29, 0.717) is 0 Å². The van der Waals surface area contributed by atoms with Crippen LogP contribution >= 0.6 is 0 Å². The number of hydrogen-bond acceptors (Lipinski definition) is 3. The number of aliphatic hydroxyl groups is 1. The van der Waals surface area contributed by atoms with Crippen LogP contribution in [0, 0.1) is 13.8 Å². The van der Waals surface area contributed by atoms with E-state index in [0.717, 1.165) is 47.4 Å². The number of carbonyl (C=O) groups excluding carboxylic acids is 1. The summed E-state index contributed by atoms with van der Waals surface area (Å²) in [6.07, 6.45) is 1.17. The highest BCUT2D eigenvalue weighted by atomic mass is 16.5. The molecule has 4 heteroatoms. The van der Waals surface area contributed by atoms with E-state index in [1.54, 1.807) is 0 Å². The first-order chi connectivity index (χ1) is 9.50. The number of hydrogen-bond donors (Lipinski definition) is 2. The first-order valence-electron chi connectivity index (χ1n) is 7.25. The fourth-order valence-electron chi connectivity index (χ4n) is 3.21. The molecule has 3 rings (SSSR count). The molecule has 4 nitrogen and oxygen atoms in total. The molecule has 20 heavy (non-hydrogen) atoms. The number of benzene rings is 1. The lowest BCUT2D eigenvalue weighted by Gasteiger charge is -2.22. The second-order valence-corrected chi connectivity index (χ2v) is 5.89. The van der Waals surface area contributed by atoms with E-state index >= 15 is 0 Å². The third kappa shape index (κ3) is 1.95. The Labute approximate surface area is 119 Å². The molecule has 2 heterocycles. The molecule has 0 aromatic heterocycles. The number of anilines is 1. The highest BCUT2D eigenvalue weighted by molar-refractivity contribution is 6.03. The van der Waals surface area contributed by atoms with Crippen molar-refractivity contribution in [1.29, 1.82) is 0 Å². The monoisotopic (exact) mass is 275 g/mol. The van der Waals surface area contributed by atoms with Crippen LogP contribution in [-0.4, -0.2) is 23.7 Å². The predicted molar refractivity (Wildman–Crippen MR) is 76.9 cm³/mol. The number of amides is 1.